The fraction of sp³-hybridized carbons (Fsp3) is 0.308. The van der Waals surface area contributed by atoms with E-state index in [0.29, 0.717) is 13.2 Å². The second kappa shape index (κ2) is 5.50. The molecule has 0 spiro atoms. The van der Waals surface area contributed by atoms with Crippen molar-refractivity contribution in [1.29, 1.82) is 0 Å². The van der Waals surface area contributed by atoms with Crippen LogP contribution >= 0.6 is 0 Å². The van der Waals surface area contributed by atoms with E-state index in [1.165, 1.54) is 0 Å². The molecule has 0 amide bonds. The lowest BCUT2D eigenvalue weighted by molar-refractivity contribution is -0.131. The van der Waals surface area contributed by atoms with E-state index in [1.54, 1.807) is 6.08 Å². The average molecular weight is 233 g/mol. The van der Waals surface area contributed by atoms with Crippen LogP contribution < -0.4 is 10.1 Å². The van der Waals surface area contributed by atoms with Crippen molar-refractivity contribution in [3.8, 4) is 5.75 Å². The lowest BCUT2D eigenvalue weighted by atomic mass is 10.0. The van der Waals surface area contributed by atoms with Gasteiger partial charge in [0.05, 0.1) is 6.61 Å². The standard InChI is InChI=1S/C13H15NO3/c15-13(16)6-3-8-14-11-7-9-17-12-5-2-1-4-10(11)12/h1-6,11,14H,7-9H2,(H,15,16)/b6-3+. The first-order valence-corrected chi connectivity index (χ1v) is 5.62. The van der Waals surface area contributed by atoms with Crippen molar-refractivity contribution in [3.63, 3.8) is 0 Å². The number of para-hydroxylation sites is 1. The Kier molecular flexibility index (Phi) is 3.77. The molecule has 90 valence electrons. The Labute approximate surface area is 99.9 Å². The van der Waals surface area contributed by atoms with Crippen molar-refractivity contribution in [3.05, 3.63) is 42.0 Å². The minimum Gasteiger partial charge on any atom is -0.493 e. The third-order valence-electron chi connectivity index (χ3n) is 2.70. The predicted octanol–water partition coefficient (Wildman–Crippen LogP) is 1.74. The predicted molar refractivity (Wildman–Crippen MR) is 64.1 cm³/mol. The number of rotatable bonds is 4. The molecule has 0 aliphatic carbocycles. The van der Waals surface area contributed by atoms with Gasteiger partial charge < -0.3 is 15.2 Å². The summed E-state index contributed by atoms with van der Waals surface area (Å²) in [5.74, 6) is -0.00218. The van der Waals surface area contributed by atoms with E-state index in [9.17, 15) is 4.79 Å². The largest absolute Gasteiger partial charge is 0.493 e. The summed E-state index contributed by atoms with van der Waals surface area (Å²) in [6.45, 7) is 1.24. The average Bonchev–Trinajstić information content (AvgIpc) is 2.34. The second-order valence-electron chi connectivity index (χ2n) is 3.88. The molecule has 1 aromatic rings. The maximum Gasteiger partial charge on any atom is 0.328 e. The molecular weight excluding hydrogens is 218 g/mol. The molecule has 1 aliphatic rings. The summed E-state index contributed by atoms with van der Waals surface area (Å²) in [6, 6.07) is 8.16. The molecule has 1 atom stereocenters. The van der Waals surface area contributed by atoms with Gasteiger partial charge in [-0.15, -0.1) is 0 Å². The Morgan fingerprint density at radius 3 is 3.18 bits per heavy atom. The number of ether oxygens (including phenoxy) is 1. The lowest BCUT2D eigenvalue weighted by Crippen LogP contribution is -2.27. The molecule has 4 nitrogen and oxygen atoms in total. The van der Waals surface area contributed by atoms with Gasteiger partial charge in [-0.3, -0.25) is 0 Å². The van der Waals surface area contributed by atoms with Crippen LogP contribution in [0.25, 0.3) is 0 Å². The number of aliphatic carboxylic acids is 1. The smallest absolute Gasteiger partial charge is 0.328 e. The monoisotopic (exact) mass is 233 g/mol. The van der Waals surface area contributed by atoms with Gasteiger partial charge in [-0.25, -0.2) is 4.79 Å². The van der Waals surface area contributed by atoms with Crippen molar-refractivity contribution < 1.29 is 14.6 Å². The first kappa shape index (κ1) is 11.7. The van der Waals surface area contributed by atoms with Crippen molar-refractivity contribution in [1.82, 2.24) is 5.32 Å². The first-order valence-electron chi connectivity index (χ1n) is 5.62. The highest BCUT2D eigenvalue weighted by atomic mass is 16.5. The lowest BCUT2D eigenvalue weighted by Gasteiger charge is -2.26. The number of carbonyl (C=O) groups is 1. The van der Waals surface area contributed by atoms with E-state index in [0.717, 1.165) is 23.8 Å². The summed E-state index contributed by atoms with van der Waals surface area (Å²) >= 11 is 0. The van der Waals surface area contributed by atoms with Gasteiger partial charge >= 0.3 is 5.97 Å². The van der Waals surface area contributed by atoms with Crippen LogP contribution in [0, 0.1) is 0 Å². The molecule has 1 aliphatic heterocycles. The van der Waals surface area contributed by atoms with Gasteiger partial charge in [-0.1, -0.05) is 24.3 Å². The minimum absolute atomic E-state index is 0.235. The van der Waals surface area contributed by atoms with Gasteiger partial charge in [0.15, 0.2) is 0 Å². The zero-order valence-electron chi connectivity index (χ0n) is 9.43. The molecule has 2 rings (SSSR count). The number of carboxylic acid groups (broad SMARTS) is 1. The molecule has 4 heteroatoms. The highest BCUT2D eigenvalue weighted by Gasteiger charge is 2.19. The molecule has 2 N–H and O–H groups in total. The number of carboxylic acids is 1. The summed E-state index contributed by atoms with van der Waals surface area (Å²) in [4.78, 5) is 10.3. The molecular formula is C13H15NO3. The normalized spacial score (nSPS) is 18.7. The highest BCUT2D eigenvalue weighted by Crippen LogP contribution is 2.31. The highest BCUT2D eigenvalue weighted by molar-refractivity contribution is 5.79. The zero-order valence-corrected chi connectivity index (χ0v) is 9.43. The van der Waals surface area contributed by atoms with Crippen molar-refractivity contribution in [2.45, 2.75) is 12.5 Å². The quantitative estimate of drug-likeness (QED) is 0.778. The Hall–Kier alpha value is -1.81. The van der Waals surface area contributed by atoms with Crippen LogP contribution in [0.3, 0.4) is 0 Å². The molecule has 0 saturated carbocycles. The Bertz CT molecular complexity index is 428. The van der Waals surface area contributed by atoms with Crippen LogP contribution in [-0.4, -0.2) is 24.2 Å². The second-order valence-corrected chi connectivity index (χ2v) is 3.88. The van der Waals surface area contributed by atoms with E-state index in [2.05, 4.69) is 5.32 Å². The van der Waals surface area contributed by atoms with Gasteiger partial charge in [-0.05, 0) is 6.07 Å². The number of hydrogen-bond donors (Lipinski definition) is 2. The molecule has 1 unspecified atom stereocenters. The van der Waals surface area contributed by atoms with Gasteiger partial charge in [0.1, 0.15) is 5.75 Å². The van der Waals surface area contributed by atoms with Gasteiger partial charge in [0.25, 0.3) is 0 Å². The van der Waals surface area contributed by atoms with Crippen molar-refractivity contribution in [2.75, 3.05) is 13.2 Å². The number of nitrogens with one attached hydrogen (secondary N) is 1. The number of hydrogen-bond acceptors (Lipinski definition) is 3. The molecule has 1 heterocycles. The topological polar surface area (TPSA) is 58.6 Å². The Balaban J connectivity index is 1.97. The summed E-state index contributed by atoms with van der Waals surface area (Å²) in [5, 5.41) is 11.8. The van der Waals surface area contributed by atoms with Crippen LogP contribution in [0.4, 0.5) is 0 Å². The van der Waals surface area contributed by atoms with Crippen LogP contribution in [0.5, 0.6) is 5.75 Å². The van der Waals surface area contributed by atoms with Crippen molar-refractivity contribution >= 4 is 5.97 Å². The zero-order chi connectivity index (χ0) is 12.1. The summed E-state index contributed by atoms with van der Waals surface area (Å²) < 4.78 is 5.55. The molecule has 0 saturated heterocycles. The van der Waals surface area contributed by atoms with E-state index in [4.69, 9.17) is 9.84 Å². The fourth-order valence-corrected chi connectivity index (χ4v) is 1.92. The molecule has 0 bridgehead atoms. The van der Waals surface area contributed by atoms with Crippen LogP contribution in [-0.2, 0) is 4.79 Å². The maximum absolute atomic E-state index is 10.3. The number of benzene rings is 1. The van der Waals surface area contributed by atoms with Crippen molar-refractivity contribution in [2.24, 2.45) is 0 Å². The first-order chi connectivity index (χ1) is 8.27. The molecule has 1 aromatic carbocycles. The summed E-state index contributed by atoms with van der Waals surface area (Å²) in [5.41, 5.74) is 1.14. The molecule has 0 radical (unpaired) electrons. The van der Waals surface area contributed by atoms with Crippen LogP contribution in [0.2, 0.25) is 0 Å². The van der Waals surface area contributed by atoms with E-state index in [-0.39, 0.29) is 6.04 Å². The summed E-state index contributed by atoms with van der Waals surface area (Å²) in [7, 11) is 0. The maximum atomic E-state index is 10.3. The van der Waals surface area contributed by atoms with Gasteiger partial charge in [0, 0.05) is 30.6 Å². The van der Waals surface area contributed by atoms with E-state index in [1.807, 2.05) is 24.3 Å². The van der Waals surface area contributed by atoms with Crippen LogP contribution in [0.1, 0.15) is 18.0 Å². The Morgan fingerprint density at radius 1 is 1.53 bits per heavy atom. The van der Waals surface area contributed by atoms with Gasteiger partial charge in [0.2, 0.25) is 0 Å². The third kappa shape index (κ3) is 3.07. The van der Waals surface area contributed by atoms with Gasteiger partial charge in [-0.2, -0.15) is 0 Å². The molecule has 17 heavy (non-hydrogen) atoms. The van der Waals surface area contributed by atoms with Crippen LogP contribution in [0.15, 0.2) is 36.4 Å². The van der Waals surface area contributed by atoms with E-state index < -0.39 is 5.97 Å². The third-order valence-corrected chi connectivity index (χ3v) is 2.70. The fourth-order valence-electron chi connectivity index (χ4n) is 1.92. The SMILES string of the molecule is O=C(O)/C=C/CNC1CCOc2ccccc21. The molecule has 0 fully saturated rings. The summed E-state index contributed by atoms with van der Waals surface area (Å²) in [6.07, 6.45) is 3.66. The minimum atomic E-state index is -0.917. The molecule has 0 aromatic heterocycles. The van der Waals surface area contributed by atoms with E-state index >= 15 is 0 Å². The number of fused-ring (bicyclic) bond motifs is 1. The Morgan fingerprint density at radius 2 is 2.35 bits per heavy atom.